The van der Waals surface area contributed by atoms with E-state index in [0.29, 0.717) is 5.69 Å². The van der Waals surface area contributed by atoms with Crippen molar-refractivity contribution in [2.45, 2.75) is 18.2 Å². The van der Waals surface area contributed by atoms with Crippen LogP contribution in [0.2, 0.25) is 5.02 Å². The number of anilines is 1. The molecule has 0 aliphatic carbocycles. The average Bonchev–Trinajstić information content (AvgIpc) is 3.01. The maximum absolute atomic E-state index is 12.3. The van der Waals surface area contributed by atoms with E-state index in [0.717, 1.165) is 11.3 Å². The second-order valence-electron chi connectivity index (χ2n) is 4.93. The molecule has 1 aromatic carbocycles. The summed E-state index contributed by atoms with van der Waals surface area (Å²) in [7, 11) is -2.55. The van der Waals surface area contributed by atoms with Crippen LogP contribution >= 0.6 is 22.9 Å². The minimum absolute atomic E-state index is 0.00173. The zero-order valence-corrected chi connectivity index (χ0v) is 16.3. The summed E-state index contributed by atoms with van der Waals surface area (Å²) >= 11 is 7.04. The topological polar surface area (TPSA) is 114 Å². The summed E-state index contributed by atoms with van der Waals surface area (Å²) < 4.78 is 30.8. The molecule has 0 radical (unpaired) electrons. The van der Waals surface area contributed by atoms with E-state index in [-0.39, 0.29) is 33.6 Å². The summed E-state index contributed by atoms with van der Waals surface area (Å²) in [5, 5.41) is 4.47. The Kier molecular flexibility index (Phi) is 6.70. The SMILES string of the molecule is CCOC(=O)Cc1csc(NC(=O)c2ccc(Cl)c(S(=O)(=O)NC)c2)n1. The average molecular weight is 418 g/mol. The van der Waals surface area contributed by atoms with Gasteiger partial charge in [-0.3, -0.25) is 14.9 Å². The van der Waals surface area contributed by atoms with E-state index in [9.17, 15) is 18.0 Å². The molecule has 0 saturated heterocycles. The van der Waals surface area contributed by atoms with E-state index in [4.69, 9.17) is 16.3 Å². The number of carbonyl (C=O) groups excluding carboxylic acids is 2. The predicted octanol–water partition coefficient (Wildman–Crippen LogP) is 2.06. The standard InChI is InChI=1S/C15H16ClN3O5S2/c1-3-24-13(20)7-10-8-25-15(18-10)19-14(21)9-4-5-11(16)12(6-9)26(22,23)17-2/h4-6,8,17H,3,7H2,1-2H3,(H,18,19,21). The minimum Gasteiger partial charge on any atom is -0.466 e. The molecule has 0 aliphatic rings. The molecule has 11 heteroatoms. The summed E-state index contributed by atoms with van der Waals surface area (Å²) in [6, 6.07) is 3.91. The zero-order valence-electron chi connectivity index (χ0n) is 13.9. The number of ether oxygens (including phenoxy) is 1. The molecule has 26 heavy (non-hydrogen) atoms. The first-order valence-electron chi connectivity index (χ1n) is 7.41. The van der Waals surface area contributed by atoms with Gasteiger partial charge in [-0.15, -0.1) is 11.3 Å². The maximum Gasteiger partial charge on any atom is 0.311 e. The van der Waals surface area contributed by atoms with Crippen molar-refractivity contribution in [1.82, 2.24) is 9.71 Å². The first-order valence-corrected chi connectivity index (χ1v) is 10.2. The number of thiazole rings is 1. The van der Waals surface area contributed by atoms with Crippen molar-refractivity contribution in [2.24, 2.45) is 0 Å². The fraction of sp³-hybridized carbons (Fsp3) is 0.267. The molecular formula is C15H16ClN3O5S2. The monoisotopic (exact) mass is 417 g/mol. The van der Waals surface area contributed by atoms with Gasteiger partial charge in [-0.1, -0.05) is 11.6 Å². The van der Waals surface area contributed by atoms with Crippen LogP contribution in [0.4, 0.5) is 5.13 Å². The van der Waals surface area contributed by atoms with Gasteiger partial charge in [0.15, 0.2) is 5.13 Å². The van der Waals surface area contributed by atoms with E-state index < -0.39 is 21.9 Å². The van der Waals surface area contributed by atoms with Crippen molar-refractivity contribution in [3.05, 3.63) is 39.9 Å². The minimum atomic E-state index is -3.80. The number of nitrogens with zero attached hydrogens (tertiary/aromatic N) is 1. The van der Waals surface area contributed by atoms with E-state index in [1.807, 2.05) is 0 Å². The van der Waals surface area contributed by atoms with Gasteiger partial charge in [0.1, 0.15) is 4.90 Å². The number of aromatic nitrogens is 1. The van der Waals surface area contributed by atoms with Crippen LogP contribution in [0.5, 0.6) is 0 Å². The van der Waals surface area contributed by atoms with Crippen LogP contribution in [0.15, 0.2) is 28.5 Å². The molecule has 2 N–H and O–H groups in total. The molecule has 0 unspecified atom stereocenters. The van der Waals surface area contributed by atoms with Gasteiger partial charge in [-0.25, -0.2) is 18.1 Å². The van der Waals surface area contributed by atoms with Crippen LogP contribution in [-0.4, -0.2) is 38.9 Å². The lowest BCUT2D eigenvalue weighted by Crippen LogP contribution is -2.20. The van der Waals surface area contributed by atoms with Gasteiger partial charge in [-0.2, -0.15) is 0 Å². The number of rotatable bonds is 7. The Hall–Kier alpha value is -2.01. The molecule has 0 saturated carbocycles. The van der Waals surface area contributed by atoms with Gasteiger partial charge in [-0.05, 0) is 32.2 Å². The molecule has 0 aliphatic heterocycles. The first kappa shape index (κ1) is 20.3. The van der Waals surface area contributed by atoms with Gasteiger partial charge in [0, 0.05) is 10.9 Å². The summed E-state index contributed by atoms with van der Waals surface area (Å²) in [5.74, 6) is -0.957. The second kappa shape index (κ2) is 8.58. The van der Waals surface area contributed by atoms with Gasteiger partial charge in [0.2, 0.25) is 10.0 Å². The highest BCUT2D eigenvalue weighted by Crippen LogP contribution is 2.23. The third-order valence-corrected chi connectivity index (χ3v) is 5.86. The van der Waals surface area contributed by atoms with Crippen LogP contribution < -0.4 is 10.0 Å². The van der Waals surface area contributed by atoms with Crippen molar-refractivity contribution in [3.8, 4) is 0 Å². The molecular weight excluding hydrogens is 402 g/mol. The molecule has 0 fully saturated rings. The van der Waals surface area contributed by atoms with Crippen molar-refractivity contribution >= 4 is 50.0 Å². The molecule has 140 valence electrons. The molecule has 0 atom stereocenters. The molecule has 2 rings (SSSR count). The molecule has 8 nitrogen and oxygen atoms in total. The summed E-state index contributed by atoms with van der Waals surface area (Å²) in [4.78, 5) is 27.7. The Morgan fingerprint density at radius 2 is 2.08 bits per heavy atom. The number of halogens is 1. The highest BCUT2D eigenvalue weighted by molar-refractivity contribution is 7.89. The number of hydrogen-bond donors (Lipinski definition) is 2. The number of amides is 1. The van der Waals surface area contributed by atoms with Crippen LogP contribution in [0.3, 0.4) is 0 Å². The van der Waals surface area contributed by atoms with E-state index >= 15 is 0 Å². The van der Waals surface area contributed by atoms with Gasteiger partial charge >= 0.3 is 5.97 Å². The van der Waals surface area contributed by atoms with Gasteiger partial charge in [0.25, 0.3) is 5.91 Å². The van der Waals surface area contributed by atoms with E-state index in [1.165, 1.54) is 25.2 Å². The Morgan fingerprint density at radius 1 is 1.35 bits per heavy atom. The smallest absolute Gasteiger partial charge is 0.311 e. The number of benzene rings is 1. The van der Waals surface area contributed by atoms with Crippen LogP contribution in [-0.2, 0) is 26.0 Å². The highest BCUT2D eigenvalue weighted by atomic mass is 35.5. The Labute approximate surface area is 159 Å². The quantitative estimate of drug-likeness (QED) is 0.666. The fourth-order valence-electron chi connectivity index (χ4n) is 1.94. The second-order valence-corrected chi connectivity index (χ2v) is 8.05. The Morgan fingerprint density at radius 3 is 2.73 bits per heavy atom. The lowest BCUT2D eigenvalue weighted by Gasteiger charge is -2.07. The van der Waals surface area contributed by atoms with Crippen molar-refractivity contribution in [3.63, 3.8) is 0 Å². The highest BCUT2D eigenvalue weighted by Gasteiger charge is 2.19. The van der Waals surface area contributed by atoms with E-state index in [1.54, 1.807) is 12.3 Å². The van der Waals surface area contributed by atoms with Gasteiger partial charge < -0.3 is 4.74 Å². The van der Waals surface area contributed by atoms with E-state index in [2.05, 4.69) is 15.0 Å². The molecule has 2 aromatic rings. The van der Waals surface area contributed by atoms with Gasteiger partial charge in [0.05, 0.1) is 23.7 Å². The normalized spacial score (nSPS) is 11.2. The van der Waals surface area contributed by atoms with Crippen molar-refractivity contribution in [2.75, 3.05) is 19.0 Å². The number of nitrogens with one attached hydrogen (secondary N) is 2. The maximum atomic E-state index is 12.3. The lowest BCUT2D eigenvalue weighted by atomic mass is 10.2. The van der Waals surface area contributed by atoms with Crippen LogP contribution in [0.1, 0.15) is 23.0 Å². The summed E-state index contributed by atoms with van der Waals surface area (Å²) in [6.07, 6.45) is 0.00567. The molecule has 1 heterocycles. The lowest BCUT2D eigenvalue weighted by molar-refractivity contribution is -0.142. The number of esters is 1. The molecule has 1 amide bonds. The zero-order chi connectivity index (χ0) is 19.3. The van der Waals surface area contributed by atoms with Crippen LogP contribution in [0, 0.1) is 0 Å². The van der Waals surface area contributed by atoms with Crippen molar-refractivity contribution < 1.29 is 22.7 Å². The third kappa shape index (κ3) is 5.01. The van der Waals surface area contributed by atoms with Crippen LogP contribution in [0.25, 0.3) is 0 Å². The number of hydrogen-bond acceptors (Lipinski definition) is 7. The van der Waals surface area contributed by atoms with Crippen molar-refractivity contribution in [1.29, 1.82) is 0 Å². The molecule has 0 bridgehead atoms. The molecule has 1 aromatic heterocycles. The largest absolute Gasteiger partial charge is 0.466 e. The summed E-state index contributed by atoms with van der Waals surface area (Å²) in [5.41, 5.74) is 0.573. The Bertz CT molecular complexity index is 927. The Balaban J connectivity index is 2.15. The number of sulfonamides is 1. The fourth-order valence-corrected chi connectivity index (χ4v) is 3.89. The third-order valence-electron chi connectivity index (χ3n) is 3.15. The predicted molar refractivity (Wildman–Crippen MR) is 98.1 cm³/mol. The summed E-state index contributed by atoms with van der Waals surface area (Å²) in [6.45, 7) is 1.99. The first-order chi connectivity index (χ1) is 12.3. The molecule has 0 spiro atoms. The number of carbonyl (C=O) groups is 2.